The Bertz CT molecular complexity index is 1020. The zero-order chi connectivity index (χ0) is 20.6. The highest BCUT2D eigenvalue weighted by Gasteiger charge is 2.49. The van der Waals surface area contributed by atoms with Crippen molar-refractivity contribution >= 4 is 7.37 Å². The molecule has 0 bridgehead atoms. The summed E-state index contributed by atoms with van der Waals surface area (Å²) in [6.45, 7) is 5.92. The van der Waals surface area contributed by atoms with Gasteiger partial charge in [0.2, 0.25) is 0 Å². The van der Waals surface area contributed by atoms with Gasteiger partial charge in [0.25, 0.3) is 7.37 Å². The zero-order valence-electron chi connectivity index (χ0n) is 16.8. The molecule has 1 fully saturated rings. The zero-order valence-corrected chi connectivity index (χ0v) is 17.7. The van der Waals surface area contributed by atoms with E-state index in [9.17, 15) is 9.46 Å². The first-order valence-corrected chi connectivity index (χ1v) is 11.5. The molecule has 150 valence electrons. The molecule has 2 unspecified atom stereocenters. The monoisotopic (exact) mass is 408 g/mol. The van der Waals surface area contributed by atoms with Crippen LogP contribution in [0.5, 0.6) is 0 Å². The molecule has 0 aliphatic carbocycles. The summed E-state index contributed by atoms with van der Waals surface area (Å²) in [6.07, 6.45) is -0.736. The molecule has 1 saturated heterocycles. The van der Waals surface area contributed by atoms with Crippen molar-refractivity contribution in [1.82, 2.24) is 0 Å². The first kappa shape index (κ1) is 20.1. The minimum absolute atomic E-state index is 0.689. The van der Waals surface area contributed by atoms with Crippen molar-refractivity contribution in [3.63, 3.8) is 0 Å². The Morgan fingerprint density at radius 3 is 1.48 bits per heavy atom. The predicted octanol–water partition coefficient (Wildman–Crippen LogP) is 6.33. The molecular formula is C24H25O4P. The Morgan fingerprint density at radius 2 is 1.07 bits per heavy atom. The molecule has 0 aromatic heterocycles. The van der Waals surface area contributed by atoms with Crippen LogP contribution in [0.25, 0.3) is 0 Å². The average molecular weight is 408 g/mol. The SMILES string of the molecule is Cc1cccc(C2O[C@H](c3cccc(C)c3)P(=O)(O)[C@H](c3cccc(C)c3)O2)c1. The molecule has 0 amide bonds. The third-order valence-electron chi connectivity index (χ3n) is 5.15. The van der Waals surface area contributed by atoms with E-state index >= 15 is 0 Å². The van der Waals surface area contributed by atoms with Gasteiger partial charge in [0.05, 0.1) is 0 Å². The predicted molar refractivity (Wildman–Crippen MR) is 114 cm³/mol. The van der Waals surface area contributed by atoms with Crippen molar-refractivity contribution in [3.05, 3.63) is 106 Å². The van der Waals surface area contributed by atoms with Gasteiger partial charge >= 0.3 is 0 Å². The van der Waals surface area contributed by atoms with Crippen LogP contribution < -0.4 is 0 Å². The lowest BCUT2D eigenvalue weighted by Crippen LogP contribution is -2.25. The fraction of sp³-hybridized carbons (Fsp3) is 0.250. The normalized spacial score (nSPS) is 27.0. The van der Waals surface area contributed by atoms with Crippen LogP contribution in [0, 0.1) is 20.8 Å². The van der Waals surface area contributed by atoms with Gasteiger partial charge in [-0.15, -0.1) is 0 Å². The molecule has 4 rings (SSSR count). The first-order chi connectivity index (χ1) is 13.8. The molecule has 0 radical (unpaired) electrons. The van der Waals surface area contributed by atoms with Crippen molar-refractivity contribution in [3.8, 4) is 0 Å². The fourth-order valence-corrected chi connectivity index (χ4v) is 5.76. The highest BCUT2D eigenvalue weighted by atomic mass is 31.2. The van der Waals surface area contributed by atoms with Gasteiger partial charge in [-0.3, -0.25) is 4.57 Å². The lowest BCUT2D eigenvalue weighted by Gasteiger charge is -2.40. The van der Waals surface area contributed by atoms with E-state index in [2.05, 4.69) is 0 Å². The van der Waals surface area contributed by atoms with E-state index in [1.54, 1.807) is 0 Å². The summed E-state index contributed by atoms with van der Waals surface area (Å²) in [5.74, 6) is -1.93. The highest BCUT2D eigenvalue weighted by Crippen LogP contribution is 2.71. The second-order valence-electron chi connectivity index (χ2n) is 7.72. The molecule has 29 heavy (non-hydrogen) atoms. The van der Waals surface area contributed by atoms with E-state index in [4.69, 9.17) is 9.47 Å². The number of hydrogen-bond donors (Lipinski definition) is 1. The van der Waals surface area contributed by atoms with Crippen LogP contribution in [0.2, 0.25) is 0 Å². The van der Waals surface area contributed by atoms with Gasteiger partial charge in [-0.05, 0) is 31.9 Å². The maximum atomic E-state index is 13.7. The number of ether oxygens (including phenoxy) is 2. The van der Waals surface area contributed by atoms with Gasteiger partial charge in [0, 0.05) is 5.56 Å². The molecule has 1 aliphatic rings. The third kappa shape index (κ3) is 4.08. The van der Waals surface area contributed by atoms with E-state index in [0.717, 1.165) is 22.3 Å². The molecular weight excluding hydrogens is 383 g/mol. The van der Waals surface area contributed by atoms with Gasteiger partial charge in [0.15, 0.2) is 18.0 Å². The molecule has 1 N–H and O–H groups in total. The van der Waals surface area contributed by atoms with Crippen LogP contribution in [0.1, 0.15) is 51.4 Å². The number of aryl methyl sites for hydroxylation is 3. The van der Waals surface area contributed by atoms with Crippen molar-refractivity contribution < 1.29 is 18.9 Å². The van der Waals surface area contributed by atoms with Crippen molar-refractivity contribution in [2.45, 2.75) is 38.8 Å². The maximum Gasteiger partial charge on any atom is 0.265 e. The van der Waals surface area contributed by atoms with Crippen LogP contribution in [-0.2, 0) is 14.0 Å². The summed E-state index contributed by atoms with van der Waals surface area (Å²) >= 11 is 0. The second kappa shape index (κ2) is 7.89. The molecule has 5 heteroatoms. The molecule has 0 spiro atoms. The Kier molecular flexibility index (Phi) is 5.46. The summed E-state index contributed by atoms with van der Waals surface area (Å²) in [6, 6.07) is 23.0. The largest absolute Gasteiger partial charge is 0.340 e. The summed E-state index contributed by atoms with van der Waals surface area (Å²) in [7, 11) is -3.90. The van der Waals surface area contributed by atoms with E-state index in [0.29, 0.717) is 11.1 Å². The standard InChI is InChI=1S/C24H25O4P/c1-16-7-4-10-19(13-16)22-27-23(20-11-5-8-17(2)14-20)29(25,26)24(28-22)21-12-6-9-18(3)15-21/h4-15,22-24H,1-3H3,(H,25,26)/t22?,23-,24+. The van der Waals surface area contributed by atoms with Crippen LogP contribution in [0.3, 0.4) is 0 Å². The third-order valence-corrected chi connectivity index (χ3v) is 7.33. The average Bonchev–Trinajstić information content (AvgIpc) is 2.67. The van der Waals surface area contributed by atoms with Crippen LogP contribution >= 0.6 is 7.37 Å². The van der Waals surface area contributed by atoms with Crippen molar-refractivity contribution in [2.24, 2.45) is 0 Å². The Morgan fingerprint density at radius 1 is 0.690 bits per heavy atom. The van der Waals surface area contributed by atoms with Crippen LogP contribution in [-0.4, -0.2) is 4.89 Å². The molecule has 1 heterocycles. The lowest BCUT2D eigenvalue weighted by molar-refractivity contribution is -0.195. The van der Waals surface area contributed by atoms with Crippen LogP contribution in [0.4, 0.5) is 0 Å². The van der Waals surface area contributed by atoms with Gasteiger partial charge in [-0.2, -0.15) is 0 Å². The first-order valence-electron chi connectivity index (χ1n) is 9.67. The molecule has 3 aromatic carbocycles. The van der Waals surface area contributed by atoms with E-state index < -0.39 is 25.3 Å². The van der Waals surface area contributed by atoms with Crippen molar-refractivity contribution in [1.29, 1.82) is 0 Å². The summed E-state index contributed by atoms with van der Waals surface area (Å²) < 4.78 is 25.9. The Balaban J connectivity index is 1.82. The Labute approximate surface area is 171 Å². The van der Waals surface area contributed by atoms with Crippen LogP contribution in [0.15, 0.2) is 72.8 Å². The quantitative estimate of drug-likeness (QED) is 0.515. The summed E-state index contributed by atoms with van der Waals surface area (Å²) in [4.78, 5) is 11.2. The topological polar surface area (TPSA) is 55.8 Å². The minimum Gasteiger partial charge on any atom is -0.340 e. The van der Waals surface area contributed by atoms with E-state index in [-0.39, 0.29) is 0 Å². The van der Waals surface area contributed by atoms with Gasteiger partial charge in [0.1, 0.15) is 0 Å². The summed E-state index contributed by atoms with van der Waals surface area (Å²) in [5, 5.41) is 0. The van der Waals surface area contributed by atoms with Gasteiger partial charge in [-0.1, -0.05) is 89.5 Å². The highest BCUT2D eigenvalue weighted by molar-refractivity contribution is 7.58. The van der Waals surface area contributed by atoms with E-state index in [1.807, 2.05) is 93.6 Å². The summed E-state index contributed by atoms with van der Waals surface area (Å²) in [5.41, 5.74) is 5.31. The molecule has 1 aliphatic heterocycles. The second-order valence-corrected chi connectivity index (χ2v) is 10.0. The molecule has 4 atom stereocenters. The Hall–Kier alpha value is -2.23. The molecule has 4 nitrogen and oxygen atoms in total. The van der Waals surface area contributed by atoms with Gasteiger partial charge in [-0.25, -0.2) is 0 Å². The van der Waals surface area contributed by atoms with Gasteiger partial charge < -0.3 is 14.4 Å². The molecule has 3 aromatic rings. The smallest absolute Gasteiger partial charge is 0.265 e. The minimum atomic E-state index is -3.90. The molecule has 0 saturated carbocycles. The number of hydrogen-bond acceptors (Lipinski definition) is 3. The fourth-order valence-electron chi connectivity index (χ4n) is 3.77. The number of benzene rings is 3. The van der Waals surface area contributed by atoms with Crippen molar-refractivity contribution in [2.75, 3.05) is 0 Å². The van der Waals surface area contributed by atoms with E-state index in [1.165, 1.54) is 0 Å². The lowest BCUT2D eigenvalue weighted by atomic mass is 10.1. The maximum absolute atomic E-state index is 13.7. The number of rotatable bonds is 3.